The molecule has 122 valence electrons. The number of nitrogens with one attached hydrogen (secondary N) is 1. The number of carbonyl (C=O) groups is 1. The van der Waals surface area contributed by atoms with Crippen molar-refractivity contribution in [2.24, 2.45) is 0 Å². The Morgan fingerprint density at radius 1 is 1.13 bits per heavy atom. The van der Waals surface area contributed by atoms with Gasteiger partial charge >= 0.3 is 0 Å². The molecule has 0 aliphatic carbocycles. The van der Waals surface area contributed by atoms with Gasteiger partial charge in [-0.25, -0.2) is 17.6 Å². The van der Waals surface area contributed by atoms with E-state index in [0.29, 0.717) is 12.1 Å². The molecule has 0 radical (unpaired) electrons. The summed E-state index contributed by atoms with van der Waals surface area (Å²) in [6.45, 7) is -0.699. The van der Waals surface area contributed by atoms with Gasteiger partial charge in [-0.15, -0.1) is 0 Å². The van der Waals surface area contributed by atoms with Gasteiger partial charge in [0.15, 0.2) is 17.5 Å². The number of hydrogen-bond acceptors (Lipinski definition) is 2. The molecule has 2 rings (SSSR count). The van der Waals surface area contributed by atoms with E-state index in [0.717, 1.165) is 18.2 Å². The highest BCUT2D eigenvalue weighted by Gasteiger charge is 2.20. The van der Waals surface area contributed by atoms with Gasteiger partial charge < -0.3 is 10.4 Å². The van der Waals surface area contributed by atoms with Crippen LogP contribution in [0, 0.1) is 23.3 Å². The van der Waals surface area contributed by atoms with E-state index in [1.165, 1.54) is 0 Å². The lowest BCUT2D eigenvalue weighted by Crippen LogP contribution is -2.31. The fourth-order valence-electron chi connectivity index (χ4n) is 1.92. The molecule has 0 spiro atoms. The van der Waals surface area contributed by atoms with Gasteiger partial charge in [-0.2, -0.15) is 0 Å². The number of aliphatic hydroxyl groups excluding tert-OH is 1. The zero-order valence-electron chi connectivity index (χ0n) is 11.4. The molecule has 0 aromatic heterocycles. The molecule has 0 saturated heterocycles. The lowest BCUT2D eigenvalue weighted by molar-refractivity contribution is 0.0916. The molecule has 0 heterocycles. The van der Waals surface area contributed by atoms with E-state index in [4.69, 9.17) is 11.6 Å². The first kappa shape index (κ1) is 17.2. The molecule has 1 atom stereocenters. The van der Waals surface area contributed by atoms with Crippen molar-refractivity contribution in [3.05, 3.63) is 69.8 Å². The van der Waals surface area contributed by atoms with Crippen LogP contribution in [-0.2, 0) is 0 Å². The van der Waals surface area contributed by atoms with E-state index in [2.05, 4.69) is 5.32 Å². The van der Waals surface area contributed by atoms with Gasteiger partial charge in [0.1, 0.15) is 5.82 Å². The van der Waals surface area contributed by atoms with Crippen LogP contribution in [-0.4, -0.2) is 17.6 Å². The van der Waals surface area contributed by atoms with Crippen LogP contribution in [0.15, 0.2) is 30.3 Å². The molecule has 23 heavy (non-hydrogen) atoms. The average molecular weight is 348 g/mol. The molecule has 1 unspecified atom stereocenters. The van der Waals surface area contributed by atoms with E-state index in [1.807, 2.05) is 0 Å². The van der Waals surface area contributed by atoms with Gasteiger partial charge in [0, 0.05) is 0 Å². The Morgan fingerprint density at radius 2 is 1.74 bits per heavy atom. The Bertz CT molecular complexity index is 731. The Labute approximate surface area is 133 Å². The summed E-state index contributed by atoms with van der Waals surface area (Å²) in [5.41, 5.74) is -0.259. The van der Waals surface area contributed by atoms with E-state index in [9.17, 15) is 27.5 Å². The molecule has 1 amide bonds. The van der Waals surface area contributed by atoms with Gasteiger partial charge in [0.2, 0.25) is 0 Å². The number of benzene rings is 2. The summed E-state index contributed by atoms with van der Waals surface area (Å²) in [6.07, 6.45) is 0. The van der Waals surface area contributed by atoms with Crippen molar-refractivity contribution >= 4 is 17.5 Å². The largest absolute Gasteiger partial charge is 0.394 e. The fourth-order valence-corrected chi connectivity index (χ4v) is 2.17. The maximum atomic E-state index is 13.2. The summed E-state index contributed by atoms with van der Waals surface area (Å²) in [5.74, 6) is -5.99. The van der Waals surface area contributed by atoms with E-state index in [1.54, 1.807) is 0 Å². The number of aliphatic hydroxyl groups is 1. The lowest BCUT2D eigenvalue weighted by atomic mass is 10.1. The minimum absolute atomic E-state index is 0.0884. The Morgan fingerprint density at radius 3 is 2.26 bits per heavy atom. The first-order valence-corrected chi connectivity index (χ1v) is 6.72. The fraction of sp³-hybridized carbons (Fsp3) is 0.133. The third-order valence-corrected chi connectivity index (χ3v) is 3.38. The van der Waals surface area contributed by atoms with Gasteiger partial charge in [-0.3, -0.25) is 4.79 Å². The molecule has 0 aliphatic heterocycles. The maximum Gasteiger partial charge on any atom is 0.253 e. The smallest absolute Gasteiger partial charge is 0.253 e. The molecule has 0 saturated carbocycles. The predicted molar refractivity (Wildman–Crippen MR) is 75.0 cm³/mol. The monoisotopic (exact) mass is 347 g/mol. The number of halogens is 5. The second-order valence-electron chi connectivity index (χ2n) is 4.63. The lowest BCUT2D eigenvalue weighted by Gasteiger charge is -2.17. The van der Waals surface area contributed by atoms with Crippen LogP contribution >= 0.6 is 11.6 Å². The summed E-state index contributed by atoms with van der Waals surface area (Å²) in [6, 6.07) is 3.16. The quantitative estimate of drug-likeness (QED) is 0.658. The summed E-state index contributed by atoms with van der Waals surface area (Å²) >= 11 is 5.74. The Hall–Kier alpha value is -2.12. The molecule has 2 aromatic carbocycles. The molecule has 2 N–H and O–H groups in total. The number of carbonyl (C=O) groups excluding carboxylic acids is 1. The van der Waals surface area contributed by atoms with Gasteiger partial charge in [0.25, 0.3) is 5.91 Å². The van der Waals surface area contributed by atoms with Crippen LogP contribution < -0.4 is 5.32 Å². The van der Waals surface area contributed by atoms with Crippen LogP contribution in [0.2, 0.25) is 5.02 Å². The third kappa shape index (κ3) is 3.80. The van der Waals surface area contributed by atoms with Crippen molar-refractivity contribution in [3.63, 3.8) is 0 Å². The number of amides is 1. The average Bonchev–Trinajstić information content (AvgIpc) is 2.49. The first-order valence-electron chi connectivity index (χ1n) is 6.34. The van der Waals surface area contributed by atoms with Crippen molar-refractivity contribution in [2.45, 2.75) is 6.04 Å². The molecule has 2 aromatic rings. The summed E-state index contributed by atoms with van der Waals surface area (Å²) in [5, 5.41) is 11.4. The molecular weight excluding hydrogens is 338 g/mol. The van der Waals surface area contributed by atoms with Crippen molar-refractivity contribution in [1.82, 2.24) is 5.32 Å². The SMILES string of the molecule is O=C(NC(CO)c1cc(F)c(F)c(F)c1)c1ccc(F)cc1Cl. The van der Waals surface area contributed by atoms with E-state index >= 15 is 0 Å². The van der Waals surface area contributed by atoms with Crippen molar-refractivity contribution in [1.29, 1.82) is 0 Å². The molecule has 8 heteroatoms. The zero-order chi connectivity index (χ0) is 17.1. The Kier molecular flexibility index (Phi) is 5.23. The number of hydrogen-bond donors (Lipinski definition) is 2. The second-order valence-corrected chi connectivity index (χ2v) is 5.04. The summed E-state index contributed by atoms with van der Waals surface area (Å²) < 4.78 is 52.4. The summed E-state index contributed by atoms with van der Waals surface area (Å²) in [4.78, 5) is 12.1. The highest BCUT2D eigenvalue weighted by Crippen LogP contribution is 2.21. The molecule has 0 bridgehead atoms. The third-order valence-electron chi connectivity index (χ3n) is 3.07. The first-order chi connectivity index (χ1) is 10.8. The van der Waals surface area contributed by atoms with Crippen LogP contribution in [0.5, 0.6) is 0 Å². The minimum atomic E-state index is -1.65. The maximum absolute atomic E-state index is 13.2. The van der Waals surface area contributed by atoms with Gasteiger partial charge in [-0.05, 0) is 35.9 Å². The predicted octanol–water partition coefficient (Wildman–Crippen LogP) is 3.36. The normalized spacial score (nSPS) is 12.1. The molecule has 0 aliphatic rings. The molecular formula is C15H10ClF4NO2. The second kappa shape index (κ2) is 6.97. The van der Waals surface area contributed by atoms with E-state index < -0.39 is 41.8 Å². The minimum Gasteiger partial charge on any atom is -0.394 e. The van der Waals surface area contributed by atoms with Crippen molar-refractivity contribution < 1.29 is 27.5 Å². The van der Waals surface area contributed by atoms with Gasteiger partial charge in [-0.1, -0.05) is 11.6 Å². The summed E-state index contributed by atoms with van der Waals surface area (Å²) in [7, 11) is 0. The van der Waals surface area contributed by atoms with Crippen molar-refractivity contribution in [2.75, 3.05) is 6.61 Å². The van der Waals surface area contributed by atoms with Crippen LogP contribution in [0.1, 0.15) is 22.0 Å². The highest BCUT2D eigenvalue weighted by atomic mass is 35.5. The van der Waals surface area contributed by atoms with Crippen LogP contribution in [0.3, 0.4) is 0 Å². The molecule has 0 fully saturated rings. The number of rotatable bonds is 4. The van der Waals surface area contributed by atoms with Crippen molar-refractivity contribution in [3.8, 4) is 0 Å². The highest BCUT2D eigenvalue weighted by molar-refractivity contribution is 6.33. The van der Waals surface area contributed by atoms with Crippen LogP contribution in [0.25, 0.3) is 0 Å². The van der Waals surface area contributed by atoms with Gasteiger partial charge in [0.05, 0.1) is 23.2 Å². The topological polar surface area (TPSA) is 49.3 Å². The molecule has 3 nitrogen and oxygen atoms in total. The standard InChI is InChI=1S/C15H10ClF4NO2/c16-10-5-8(17)1-2-9(10)15(23)21-13(6-22)7-3-11(18)14(20)12(19)4-7/h1-5,13,22H,6H2,(H,21,23). The van der Waals surface area contributed by atoms with E-state index in [-0.39, 0.29) is 16.1 Å². The zero-order valence-corrected chi connectivity index (χ0v) is 12.2. The van der Waals surface area contributed by atoms with Crippen LogP contribution in [0.4, 0.5) is 17.6 Å². The Balaban J connectivity index is 2.27.